The summed E-state index contributed by atoms with van der Waals surface area (Å²) in [5.41, 5.74) is 2.50. The van der Waals surface area contributed by atoms with E-state index in [0.717, 1.165) is 22.3 Å². The van der Waals surface area contributed by atoms with Crippen LogP contribution in [0.15, 0.2) is 66.7 Å². The topological polar surface area (TPSA) is 38.3 Å². The van der Waals surface area contributed by atoms with Gasteiger partial charge in [0.15, 0.2) is 0 Å². The normalized spacial score (nSPS) is 10.7. The summed E-state index contributed by atoms with van der Waals surface area (Å²) in [4.78, 5) is 11.9. The smallest absolute Gasteiger partial charge is 0.230 e. The fourth-order valence-corrected chi connectivity index (χ4v) is 3.49. The summed E-state index contributed by atoms with van der Waals surface area (Å²) < 4.78 is 5.83. The number of carbonyl (C=O) groups excluding carboxylic acids is 1. The van der Waals surface area contributed by atoms with E-state index in [4.69, 9.17) is 4.74 Å². The van der Waals surface area contributed by atoms with Gasteiger partial charge < -0.3 is 10.1 Å². The molecule has 0 fully saturated rings. The molecule has 0 saturated heterocycles. The number of thioether (sulfide) groups is 1. The van der Waals surface area contributed by atoms with Crippen LogP contribution in [0, 0.1) is 6.92 Å². The number of fused-ring (bicyclic) bond motifs is 1. The van der Waals surface area contributed by atoms with E-state index in [-0.39, 0.29) is 5.91 Å². The molecule has 134 valence electrons. The van der Waals surface area contributed by atoms with Gasteiger partial charge in [0, 0.05) is 11.1 Å². The number of nitrogens with one attached hydrogen (secondary N) is 1. The monoisotopic (exact) mass is 365 g/mol. The number of rotatable bonds is 8. The first-order valence-corrected chi connectivity index (χ1v) is 9.88. The van der Waals surface area contributed by atoms with Crippen molar-refractivity contribution in [2.45, 2.75) is 12.7 Å². The number of hydrogen-bond donors (Lipinski definition) is 1. The van der Waals surface area contributed by atoms with Gasteiger partial charge in [0.1, 0.15) is 12.4 Å². The zero-order chi connectivity index (χ0) is 18.2. The second kappa shape index (κ2) is 9.30. The minimum Gasteiger partial charge on any atom is -0.491 e. The lowest BCUT2D eigenvalue weighted by atomic mass is 10.1. The highest BCUT2D eigenvalue weighted by molar-refractivity contribution is 7.99. The van der Waals surface area contributed by atoms with Crippen LogP contribution in [0.25, 0.3) is 10.8 Å². The average molecular weight is 365 g/mol. The van der Waals surface area contributed by atoms with Crippen LogP contribution < -0.4 is 10.1 Å². The number of carbonyl (C=O) groups is 1. The lowest BCUT2D eigenvalue weighted by molar-refractivity contribution is -0.118. The molecule has 0 aromatic heterocycles. The largest absolute Gasteiger partial charge is 0.491 e. The molecule has 0 bridgehead atoms. The fourth-order valence-electron chi connectivity index (χ4n) is 2.67. The van der Waals surface area contributed by atoms with Crippen molar-refractivity contribution in [2.75, 3.05) is 18.9 Å². The highest BCUT2D eigenvalue weighted by Gasteiger charge is 2.04. The van der Waals surface area contributed by atoms with E-state index >= 15 is 0 Å². The van der Waals surface area contributed by atoms with Gasteiger partial charge in [-0.25, -0.2) is 0 Å². The lowest BCUT2D eigenvalue weighted by Gasteiger charge is -2.10. The summed E-state index contributed by atoms with van der Waals surface area (Å²) in [6.07, 6.45) is 0. The van der Waals surface area contributed by atoms with Crippen LogP contribution in [-0.4, -0.2) is 24.8 Å². The summed E-state index contributed by atoms with van der Waals surface area (Å²) in [5, 5.41) is 5.16. The first-order valence-electron chi connectivity index (χ1n) is 8.73. The van der Waals surface area contributed by atoms with E-state index in [0.29, 0.717) is 18.9 Å². The maximum Gasteiger partial charge on any atom is 0.230 e. The van der Waals surface area contributed by atoms with Gasteiger partial charge in [-0.3, -0.25) is 4.79 Å². The van der Waals surface area contributed by atoms with Gasteiger partial charge in [-0.1, -0.05) is 66.2 Å². The van der Waals surface area contributed by atoms with Crippen LogP contribution in [0.2, 0.25) is 0 Å². The quantitative estimate of drug-likeness (QED) is 0.594. The predicted octanol–water partition coefficient (Wildman–Crippen LogP) is 4.58. The molecule has 0 radical (unpaired) electrons. The summed E-state index contributed by atoms with van der Waals surface area (Å²) >= 11 is 1.62. The van der Waals surface area contributed by atoms with Crippen LogP contribution in [0.5, 0.6) is 5.75 Å². The molecule has 0 spiro atoms. The van der Waals surface area contributed by atoms with Gasteiger partial charge >= 0.3 is 0 Å². The molecular formula is C22H23NO2S. The second-order valence-corrected chi connectivity index (χ2v) is 7.14. The maximum absolute atomic E-state index is 11.9. The van der Waals surface area contributed by atoms with Crippen molar-refractivity contribution in [3.05, 3.63) is 77.9 Å². The standard InChI is InChI=1S/C22H23NO2S/c1-17-9-11-18(12-10-17)15-26-16-22(24)23-13-14-25-21-8-4-6-19-5-2-3-7-20(19)21/h2-12H,13-16H2,1H3,(H,23,24). The number of amides is 1. The third-order valence-corrected chi connectivity index (χ3v) is 5.06. The Balaban J connectivity index is 1.36. The Hall–Kier alpha value is -2.46. The van der Waals surface area contributed by atoms with Gasteiger partial charge in [-0.2, -0.15) is 0 Å². The highest BCUT2D eigenvalue weighted by atomic mass is 32.2. The third-order valence-electron chi connectivity index (χ3n) is 4.05. The Labute approximate surface area is 158 Å². The average Bonchev–Trinajstić information content (AvgIpc) is 2.67. The van der Waals surface area contributed by atoms with E-state index in [9.17, 15) is 4.79 Å². The molecule has 3 aromatic carbocycles. The van der Waals surface area contributed by atoms with E-state index in [1.807, 2.05) is 30.3 Å². The molecule has 0 heterocycles. The summed E-state index contributed by atoms with van der Waals surface area (Å²) in [6.45, 7) is 3.04. The summed E-state index contributed by atoms with van der Waals surface area (Å²) in [6, 6.07) is 22.6. The molecule has 0 aliphatic heterocycles. The Kier molecular flexibility index (Phi) is 6.56. The SMILES string of the molecule is Cc1ccc(CSCC(=O)NCCOc2cccc3ccccc23)cc1. The van der Waals surface area contributed by atoms with Gasteiger partial charge in [0.25, 0.3) is 0 Å². The molecule has 0 saturated carbocycles. The van der Waals surface area contributed by atoms with Crippen LogP contribution in [0.1, 0.15) is 11.1 Å². The highest BCUT2D eigenvalue weighted by Crippen LogP contribution is 2.24. The zero-order valence-electron chi connectivity index (χ0n) is 14.9. The van der Waals surface area contributed by atoms with Crippen molar-refractivity contribution >= 4 is 28.4 Å². The van der Waals surface area contributed by atoms with E-state index in [1.54, 1.807) is 11.8 Å². The molecule has 0 atom stereocenters. The molecular weight excluding hydrogens is 342 g/mol. The van der Waals surface area contributed by atoms with Crippen molar-refractivity contribution in [1.82, 2.24) is 5.32 Å². The summed E-state index contributed by atoms with van der Waals surface area (Å²) in [5.74, 6) is 2.21. The molecule has 26 heavy (non-hydrogen) atoms. The van der Waals surface area contributed by atoms with Gasteiger partial charge in [0.05, 0.1) is 12.3 Å². The van der Waals surface area contributed by atoms with E-state index < -0.39 is 0 Å². The van der Waals surface area contributed by atoms with E-state index in [2.05, 4.69) is 48.6 Å². The van der Waals surface area contributed by atoms with E-state index in [1.165, 1.54) is 11.1 Å². The molecule has 0 unspecified atom stereocenters. The molecule has 4 heteroatoms. The number of hydrogen-bond acceptors (Lipinski definition) is 3. The molecule has 0 aliphatic rings. The Morgan fingerprint density at radius 2 is 1.77 bits per heavy atom. The van der Waals surface area contributed by atoms with Gasteiger partial charge in [-0.05, 0) is 23.9 Å². The molecule has 3 nitrogen and oxygen atoms in total. The van der Waals surface area contributed by atoms with Crippen LogP contribution in [-0.2, 0) is 10.5 Å². The molecule has 1 N–H and O–H groups in total. The fraction of sp³-hybridized carbons (Fsp3) is 0.227. The van der Waals surface area contributed by atoms with Crippen molar-refractivity contribution in [2.24, 2.45) is 0 Å². The van der Waals surface area contributed by atoms with Crippen LogP contribution in [0.4, 0.5) is 0 Å². The zero-order valence-corrected chi connectivity index (χ0v) is 15.7. The predicted molar refractivity (Wildman–Crippen MR) is 110 cm³/mol. The Bertz CT molecular complexity index is 856. The maximum atomic E-state index is 11.9. The van der Waals surface area contributed by atoms with Gasteiger partial charge in [0.2, 0.25) is 5.91 Å². The van der Waals surface area contributed by atoms with Crippen molar-refractivity contribution < 1.29 is 9.53 Å². The molecule has 3 aromatic rings. The minimum absolute atomic E-state index is 0.0450. The molecule has 0 aliphatic carbocycles. The Morgan fingerprint density at radius 1 is 1.00 bits per heavy atom. The Morgan fingerprint density at radius 3 is 2.62 bits per heavy atom. The summed E-state index contributed by atoms with van der Waals surface area (Å²) in [7, 11) is 0. The van der Waals surface area contributed by atoms with Crippen molar-refractivity contribution in [3.8, 4) is 5.75 Å². The molecule has 3 rings (SSSR count). The first-order chi connectivity index (χ1) is 12.7. The third kappa shape index (κ3) is 5.27. The number of ether oxygens (including phenoxy) is 1. The second-order valence-electron chi connectivity index (χ2n) is 6.15. The van der Waals surface area contributed by atoms with Crippen LogP contribution in [0.3, 0.4) is 0 Å². The van der Waals surface area contributed by atoms with Crippen molar-refractivity contribution in [1.29, 1.82) is 0 Å². The van der Waals surface area contributed by atoms with Crippen LogP contribution >= 0.6 is 11.8 Å². The molecule has 1 amide bonds. The number of aryl methyl sites for hydroxylation is 1. The lowest BCUT2D eigenvalue weighted by Crippen LogP contribution is -2.29. The van der Waals surface area contributed by atoms with Gasteiger partial charge in [-0.15, -0.1) is 11.8 Å². The first kappa shape index (κ1) is 18.3. The van der Waals surface area contributed by atoms with Crippen molar-refractivity contribution in [3.63, 3.8) is 0 Å². The number of benzene rings is 3. The minimum atomic E-state index is 0.0450.